The van der Waals surface area contributed by atoms with Crippen LogP contribution in [0.2, 0.25) is 14.4 Å². The van der Waals surface area contributed by atoms with Gasteiger partial charge in [0, 0.05) is 0 Å². The molecule has 4 atom stereocenters. The summed E-state index contributed by atoms with van der Waals surface area (Å²) in [5.74, 6) is 3.94. The summed E-state index contributed by atoms with van der Waals surface area (Å²) in [6.45, 7) is 0. The zero-order chi connectivity index (χ0) is 13.9. The van der Waals surface area contributed by atoms with E-state index in [1.807, 2.05) is 7.10 Å². The summed E-state index contributed by atoms with van der Waals surface area (Å²) >= 11 is 11.0. The molecule has 3 rings (SSSR count). The van der Waals surface area contributed by atoms with Crippen molar-refractivity contribution in [1.29, 1.82) is 0 Å². The first-order valence-corrected chi connectivity index (χ1v) is 16.2. The Hall–Kier alpha value is 3.06. The van der Waals surface area contributed by atoms with Crippen molar-refractivity contribution >= 4 is 104 Å². The van der Waals surface area contributed by atoms with Crippen LogP contribution >= 0.6 is 23.5 Å². The van der Waals surface area contributed by atoms with E-state index >= 15 is 0 Å². The average molecular weight is 666 g/mol. The molecule has 0 radical (unpaired) electrons. The SMILES string of the molecule is [Te]=C(CC1CS1)CC1C[Se]C[Se]C1CC(=[Te])CC1CS1. The van der Waals surface area contributed by atoms with E-state index in [0.29, 0.717) is 0 Å². The Morgan fingerprint density at radius 2 is 1.55 bits per heavy atom. The molecular weight excluding hydrogens is 645 g/mol. The second-order valence-corrected chi connectivity index (χ2v) is 18.3. The van der Waals surface area contributed by atoms with Gasteiger partial charge in [0.05, 0.1) is 0 Å². The maximum absolute atomic E-state index is 2.37. The molecule has 3 aliphatic heterocycles. The van der Waals surface area contributed by atoms with E-state index in [4.69, 9.17) is 0 Å². The Morgan fingerprint density at radius 3 is 2.15 bits per heavy atom. The Kier molecular flexibility index (Phi) is 8.00. The molecule has 6 heteroatoms. The van der Waals surface area contributed by atoms with E-state index in [0.717, 1.165) is 51.1 Å². The molecule has 3 fully saturated rings. The number of rotatable bonds is 8. The minimum absolute atomic E-state index is 0.957. The van der Waals surface area contributed by atoms with Crippen LogP contribution in [0, 0.1) is 5.92 Å². The monoisotopic (exact) mass is 672 g/mol. The Balaban J connectivity index is 1.46. The van der Waals surface area contributed by atoms with Crippen molar-refractivity contribution in [3.05, 3.63) is 0 Å². The molecule has 4 unspecified atom stereocenters. The third-order valence-electron chi connectivity index (χ3n) is 3.86. The van der Waals surface area contributed by atoms with E-state index in [2.05, 4.69) is 67.2 Å². The first-order valence-electron chi connectivity index (χ1n) is 7.16. The standard InChI is InChI=1S/C14H20S2Se2Te2/c19-12(2-10-5-15-10)1-9-7-17-8-18-14(9)4-13(20)3-11-6-16-11/h9-11,14H,1-8H2. The molecule has 0 aliphatic carbocycles. The molecule has 112 valence electrons. The summed E-state index contributed by atoms with van der Waals surface area (Å²) in [5.41, 5.74) is 0. The van der Waals surface area contributed by atoms with E-state index in [1.54, 1.807) is 9.54 Å². The molecular formula is C14H20S2Se2Te2. The van der Waals surface area contributed by atoms with Gasteiger partial charge >= 0.3 is 172 Å². The van der Waals surface area contributed by atoms with Crippen molar-refractivity contribution < 1.29 is 0 Å². The van der Waals surface area contributed by atoms with Gasteiger partial charge in [0.2, 0.25) is 0 Å². The number of thioether (sulfide) groups is 2. The molecule has 0 amide bonds. The van der Waals surface area contributed by atoms with E-state index < -0.39 is 0 Å². The van der Waals surface area contributed by atoms with Crippen LogP contribution in [0.25, 0.3) is 0 Å². The quantitative estimate of drug-likeness (QED) is 0.288. The Labute approximate surface area is 170 Å². The van der Waals surface area contributed by atoms with Crippen molar-refractivity contribution in [2.75, 3.05) is 11.5 Å². The summed E-state index contributed by atoms with van der Waals surface area (Å²) in [5, 5.41) is 3.61. The molecule has 3 aliphatic rings. The zero-order valence-corrected chi connectivity index (χ0v) is 21.1. The van der Waals surface area contributed by atoms with Crippen LogP contribution in [0.5, 0.6) is 0 Å². The summed E-state index contributed by atoms with van der Waals surface area (Å²) in [4.78, 5) is 1.09. The van der Waals surface area contributed by atoms with Gasteiger partial charge in [-0.05, 0) is 0 Å². The second kappa shape index (κ2) is 8.95. The van der Waals surface area contributed by atoms with Gasteiger partial charge in [-0.3, -0.25) is 0 Å². The first-order chi connectivity index (χ1) is 9.70. The van der Waals surface area contributed by atoms with Crippen molar-refractivity contribution in [3.63, 3.8) is 0 Å². The van der Waals surface area contributed by atoms with Crippen LogP contribution in [0.3, 0.4) is 0 Å². The van der Waals surface area contributed by atoms with Gasteiger partial charge in [-0.15, -0.1) is 0 Å². The molecule has 0 spiro atoms. The third-order valence-corrected chi connectivity index (χ3v) is 15.1. The third kappa shape index (κ3) is 6.52. The Morgan fingerprint density at radius 1 is 0.950 bits per heavy atom. The second-order valence-electron chi connectivity index (χ2n) is 5.76. The van der Waals surface area contributed by atoms with E-state index in [1.165, 1.54) is 37.2 Å². The molecule has 0 bridgehead atoms. The van der Waals surface area contributed by atoms with Crippen LogP contribution in [0.15, 0.2) is 0 Å². The van der Waals surface area contributed by atoms with Gasteiger partial charge in [0.25, 0.3) is 0 Å². The molecule has 0 aromatic rings. The van der Waals surface area contributed by atoms with Gasteiger partial charge in [-0.25, -0.2) is 0 Å². The van der Waals surface area contributed by atoms with Gasteiger partial charge < -0.3 is 0 Å². The van der Waals surface area contributed by atoms with Crippen molar-refractivity contribution in [2.45, 2.75) is 50.5 Å². The topological polar surface area (TPSA) is 0 Å². The fourth-order valence-electron chi connectivity index (χ4n) is 2.56. The molecule has 0 nitrogen and oxygen atoms in total. The van der Waals surface area contributed by atoms with E-state index in [-0.39, 0.29) is 0 Å². The summed E-state index contributed by atoms with van der Waals surface area (Å²) in [6.07, 6.45) is 5.82. The normalized spacial score (nSPS) is 35.6. The summed E-state index contributed by atoms with van der Waals surface area (Å²) < 4.78 is 5.28. The van der Waals surface area contributed by atoms with Crippen LogP contribution < -0.4 is 0 Å². The first kappa shape index (κ1) is 17.9. The maximum atomic E-state index is 2.37. The van der Waals surface area contributed by atoms with Crippen LogP contribution in [-0.4, -0.2) is 103 Å². The molecule has 0 N–H and O–H groups in total. The molecule has 20 heavy (non-hydrogen) atoms. The summed E-state index contributed by atoms with van der Waals surface area (Å²) in [6, 6.07) is 0. The van der Waals surface area contributed by atoms with Gasteiger partial charge in [-0.1, -0.05) is 0 Å². The molecule has 0 aromatic carbocycles. The van der Waals surface area contributed by atoms with Gasteiger partial charge in [0.1, 0.15) is 0 Å². The van der Waals surface area contributed by atoms with Crippen molar-refractivity contribution in [1.82, 2.24) is 0 Å². The fourth-order valence-corrected chi connectivity index (χ4v) is 15.8. The van der Waals surface area contributed by atoms with Gasteiger partial charge in [-0.2, -0.15) is 0 Å². The van der Waals surface area contributed by atoms with Crippen molar-refractivity contribution in [2.24, 2.45) is 5.92 Å². The molecule has 0 saturated carbocycles. The fraction of sp³-hybridized carbons (Fsp3) is 0.857. The van der Waals surface area contributed by atoms with E-state index in [9.17, 15) is 0 Å². The molecule has 3 heterocycles. The molecule has 3 saturated heterocycles. The van der Waals surface area contributed by atoms with Crippen LogP contribution in [0.1, 0.15) is 25.7 Å². The molecule has 0 aromatic heterocycles. The zero-order valence-electron chi connectivity index (χ0n) is 11.4. The predicted octanol–water partition coefficient (Wildman–Crippen LogP) is 2.08. The summed E-state index contributed by atoms with van der Waals surface area (Å²) in [7, 11) is 0. The number of hydrogen-bond acceptors (Lipinski definition) is 2. The van der Waals surface area contributed by atoms with Crippen molar-refractivity contribution in [3.8, 4) is 0 Å². The number of hydrogen-bond donors (Lipinski definition) is 0. The van der Waals surface area contributed by atoms with Crippen LogP contribution in [0.4, 0.5) is 0 Å². The minimum atomic E-state index is 0.957. The van der Waals surface area contributed by atoms with Gasteiger partial charge in [0.15, 0.2) is 0 Å². The average Bonchev–Trinajstić information content (AvgIpc) is 3.28. The van der Waals surface area contributed by atoms with Crippen LogP contribution in [-0.2, 0) is 0 Å². The predicted molar refractivity (Wildman–Crippen MR) is 101 cm³/mol. The Bertz CT molecular complexity index is 347.